The van der Waals surface area contributed by atoms with Crippen LogP contribution in [-0.4, -0.2) is 29.3 Å². The van der Waals surface area contributed by atoms with Crippen molar-refractivity contribution in [1.29, 1.82) is 0 Å². The molecule has 1 aliphatic rings. The van der Waals surface area contributed by atoms with E-state index in [1.165, 1.54) is 25.1 Å². The highest BCUT2D eigenvalue weighted by Gasteiger charge is 2.49. The number of halogens is 5. The summed E-state index contributed by atoms with van der Waals surface area (Å²) in [6.45, 7) is 0.684. The van der Waals surface area contributed by atoms with Crippen LogP contribution in [0.5, 0.6) is 0 Å². The average Bonchev–Trinajstić information content (AvgIpc) is 2.87. The van der Waals surface area contributed by atoms with Crippen molar-refractivity contribution in [2.24, 2.45) is 0 Å². The second-order valence-corrected chi connectivity index (χ2v) is 7.56. The third-order valence-electron chi connectivity index (χ3n) is 4.56. The molecule has 11 heteroatoms. The van der Waals surface area contributed by atoms with Crippen LogP contribution in [0, 0.1) is 0 Å². The number of benzene rings is 2. The minimum absolute atomic E-state index is 0.159. The molecule has 0 aliphatic carbocycles. The Kier molecular flexibility index (Phi) is 5.70. The third-order valence-corrected chi connectivity index (χ3v) is 5.05. The van der Waals surface area contributed by atoms with Gasteiger partial charge in [0.05, 0.1) is 11.3 Å². The molecule has 158 valence electrons. The third kappa shape index (κ3) is 4.22. The highest BCUT2D eigenvalue weighted by molar-refractivity contribution is 6.31. The van der Waals surface area contributed by atoms with E-state index >= 15 is 0 Å². The number of nitrogens with zero attached hydrogens (tertiary/aromatic N) is 1. The van der Waals surface area contributed by atoms with Crippen molar-refractivity contribution < 1.29 is 27.6 Å². The van der Waals surface area contributed by atoms with Crippen LogP contribution in [0.25, 0.3) is 0 Å². The Morgan fingerprint density at radius 1 is 1.10 bits per heavy atom. The summed E-state index contributed by atoms with van der Waals surface area (Å²) in [4.78, 5) is 38.0. The molecule has 2 N–H and O–H groups in total. The van der Waals surface area contributed by atoms with E-state index in [1.807, 2.05) is 0 Å². The molecule has 0 saturated carbocycles. The lowest BCUT2D eigenvalue weighted by Gasteiger charge is -2.22. The number of carbonyl (C=O) groups is 3. The topological polar surface area (TPSA) is 78.5 Å². The molecule has 0 radical (unpaired) electrons. The van der Waals surface area contributed by atoms with Crippen LogP contribution in [-0.2, 0) is 21.3 Å². The van der Waals surface area contributed by atoms with E-state index in [0.29, 0.717) is 21.6 Å². The predicted molar refractivity (Wildman–Crippen MR) is 104 cm³/mol. The smallest absolute Gasteiger partial charge is 0.324 e. The fourth-order valence-corrected chi connectivity index (χ4v) is 3.31. The van der Waals surface area contributed by atoms with E-state index < -0.39 is 47.4 Å². The first-order valence-electron chi connectivity index (χ1n) is 8.48. The van der Waals surface area contributed by atoms with Crippen LogP contribution in [0.2, 0.25) is 10.0 Å². The molecular formula is C19H14Cl2F3N3O3. The maximum Gasteiger partial charge on any atom is 0.418 e. The van der Waals surface area contributed by atoms with Crippen LogP contribution in [0.15, 0.2) is 42.5 Å². The Bertz CT molecular complexity index is 1030. The number of imide groups is 1. The summed E-state index contributed by atoms with van der Waals surface area (Å²) in [5.41, 5.74) is -2.69. The van der Waals surface area contributed by atoms with Gasteiger partial charge in [-0.15, -0.1) is 0 Å². The minimum Gasteiger partial charge on any atom is -0.324 e. The molecular weight excluding hydrogens is 446 g/mol. The number of urea groups is 1. The van der Waals surface area contributed by atoms with Gasteiger partial charge in [0, 0.05) is 10.0 Å². The van der Waals surface area contributed by atoms with Gasteiger partial charge in [0.25, 0.3) is 5.91 Å². The van der Waals surface area contributed by atoms with Crippen molar-refractivity contribution in [3.63, 3.8) is 0 Å². The number of hydrogen-bond acceptors (Lipinski definition) is 3. The maximum atomic E-state index is 13.2. The van der Waals surface area contributed by atoms with Gasteiger partial charge in [-0.2, -0.15) is 13.2 Å². The maximum absolute atomic E-state index is 13.2. The quantitative estimate of drug-likeness (QED) is 0.664. The second kappa shape index (κ2) is 7.81. The summed E-state index contributed by atoms with van der Waals surface area (Å²) in [6.07, 6.45) is -4.76. The second-order valence-electron chi connectivity index (χ2n) is 6.69. The van der Waals surface area contributed by atoms with Crippen LogP contribution < -0.4 is 10.6 Å². The highest BCUT2D eigenvalue weighted by Crippen LogP contribution is 2.36. The van der Waals surface area contributed by atoms with E-state index in [0.717, 1.165) is 6.07 Å². The summed E-state index contributed by atoms with van der Waals surface area (Å²) >= 11 is 11.4. The van der Waals surface area contributed by atoms with E-state index in [4.69, 9.17) is 23.2 Å². The predicted octanol–water partition coefficient (Wildman–Crippen LogP) is 4.42. The van der Waals surface area contributed by atoms with Crippen LogP contribution in [0.3, 0.4) is 0 Å². The molecule has 3 rings (SSSR count). The summed E-state index contributed by atoms with van der Waals surface area (Å²) in [5.74, 6) is -1.70. The first-order valence-corrected chi connectivity index (χ1v) is 9.24. The Balaban J connectivity index is 1.79. The standard InChI is InChI=1S/C19H14Cl2F3N3O3/c1-18(10-2-4-11(20)5-3-10)16(29)27(17(30)26-18)9-15(28)25-14-7-6-12(21)8-13(14)19(22,23)24/h2-8H,9H2,1H3,(H,25,28)(H,26,30). The van der Waals surface area contributed by atoms with Crippen LogP contribution in [0.1, 0.15) is 18.1 Å². The zero-order valence-electron chi connectivity index (χ0n) is 15.3. The molecule has 2 aromatic carbocycles. The highest BCUT2D eigenvalue weighted by atomic mass is 35.5. The number of rotatable bonds is 4. The molecule has 2 aromatic rings. The zero-order valence-corrected chi connectivity index (χ0v) is 16.8. The van der Waals surface area contributed by atoms with Crippen molar-refractivity contribution in [2.45, 2.75) is 18.6 Å². The van der Waals surface area contributed by atoms with Crippen molar-refractivity contribution >= 4 is 46.7 Å². The SMILES string of the molecule is CC1(c2ccc(Cl)cc2)NC(=O)N(CC(=O)Nc2ccc(Cl)cc2C(F)(F)F)C1=O. The molecule has 1 atom stereocenters. The molecule has 30 heavy (non-hydrogen) atoms. The van der Waals surface area contributed by atoms with Crippen molar-refractivity contribution in [2.75, 3.05) is 11.9 Å². The molecule has 6 nitrogen and oxygen atoms in total. The molecule has 1 unspecified atom stereocenters. The summed E-state index contributed by atoms with van der Waals surface area (Å²) < 4.78 is 39.5. The molecule has 0 bridgehead atoms. The van der Waals surface area contributed by atoms with Gasteiger partial charge in [-0.3, -0.25) is 14.5 Å². The molecule has 0 aromatic heterocycles. The normalized spacial score (nSPS) is 19.1. The lowest BCUT2D eigenvalue weighted by Crippen LogP contribution is -2.42. The summed E-state index contributed by atoms with van der Waals surface area (Å²) in [7, 11) is 0. The van der Waals surface area contributed by atoms with E-state index in [9.17, 15) is 27.6 Å². The van der Waals surface area contributed by atoms with Gasteiger partial charge in [0.1, 0.15) is 12.1 Å². The Morgan fingerprint density at radius 3 is 2.30 bits per heavy atom. The van der Waals surface area contributed by atoms with E-state index in [1.54, 1.807) is 12.1 Å². The van der Waals surface area contributed by atoms with Gasteiger partial charge < -0.3 is 10.6 Å². The fourth-order valence-electron chi connectivity index (χ4n) is 3.01. The lowest BCUT2D eigenvalue weighted by atomic mass is 9.92. The molecule has 1 heterocycles. The molecule has 1 saturated heterocycles. The van der Waals surface area contributed by atoms with Gasteiger partial charge in [-0.25, -0.2) is 4.79 Å². The van der Waals surface area contributed by atoms with Crippen molar-refractivity contribution in [1.82, 2.24) is 10.2 Å². The zero-order chi connectivity index (χ0) is 22.3. The Hall–Kier alpha value is -2.78. The monoisotopic (exact) mass is 459 g/mol. The summed E-state index contributed by atoms with van der Waals surface area (Å²) in [6, 6.07) is 8.17. The van der Waals surface area contributed by atoms with Crippen molar-refractivity contribution in [3.05, 3.63) is 63.6 Å². The van der Waals surface area contributed by atoms with E-state index in [-0.39, 0.29) is 5.02 Å². The average molecular weight is 460 g/mol. The van der Waals surface area contributed by atoms with Gasteiger partial charge in [-0.1, -0.05) is 35.3 Å². The number of alkyl halides is 3. The van der Waals surface area contributed by atoms with Gasteiger partial charge in [0.2, 0.25) is 5.91 Å². The number of nitrogens with one attached hydrogen (secondary N) is 2. The van der Waals surface area contributed by atoms with Gasteiger partial charge in [0.15, 0.2) is 0 Å². The first-order chi connectivity index (χ1) is 13.9. The van der Waals surface area contributed by atoms with Gasteiger partial charge in [-0.05, 0) is 42.8 Å². The Morgan fingerprint density at radius 2 is 1.70 bits per heavy atom. The molecule has 4 amide bonds. The first kappa shape index (κ1) is 21.9. The molecule has 1 fully saturated rings. The van der Waals surface area contributed by atoms with Gasteiger partial charge >= 0.3 is 12.2 Å². The molecule has 1 aliphatic heterocycles. The lowest BCUT2D eigenvalue weighted by molar-refractivity contribution is -0.137. The number of amides is 4. The minimum atomic E-state index is -4.76. The number of hydrogen-bond donors (Lipinski definition) is 2. The summed E-state index contributed by atoms with van der Waals surface area (Å²) in [5, 5.41) is 4.84. The Labute approximate surface area is 178 Å². The van der Waals surface area contributed by atoms with Crippen molar-refractivity contribution in [3.8, 4) is 0 Å². The van der Waals surface area contributed by atoms with Crippen LogP contribution in [0.4, 0.5) is 23.7 Å². The number of anilines is 1. The largest absolute Gasteiger partial charge is 0.418 e. The molecule has 0 spiro atoms. The van der Waals surface area contributed by atoms with E-state index in [2.05, 4.69) is 10.6 Å². The fraction of sp³-hybridized carbons (Fsp3) is 0.211. The van der Waals surface area contributed by atoms with Crippen LogP contribution >= 0.6 is 23.2 Å². The number of carbonyl (C=O) groups excluding carboxylic acids is 3.